The Morgan fingerprint density at radius 1 is 1.50 bits per heavy atom. The minimum absolute atomic E-state index is 0.350. The third kappa shape index (κ3) is 2.70. The van der Waals surface area contributed by atoms with Crippen LogP contribution >= 0.6 is 12.2 Å². The summed E-state index contributed by atoms with van der Waals surface area (Å²) in [6.45, 7) is 2.29. The van der Waals surface area contributed by atoms with Crippen LogP contribution in [0.25, 0.3) is 0 Å². The summed E-state index contributed by atoms with van der Waals surface area (Å²) in [7, 11) is 0. The van der Waals surface area contributed by atoms with Gasteiger partial charge in [-0.2, -0.15) is 0 Å². The second-order valence-corrected chi connectivity index (χ2v) is 4.97. The van der Waals surface area contributed by atoms with Crippen LogP contribution in [-0.4, -0.2) is 16.0 Å². The molecule has 1 heterocycles. The van der Waals surface area contributed by atoms with Crippen molar-refractivity contribution in [3.8, 4) is 0 Å². The average molecular weight is 235 g/mol. The SMILES string of the molecule is CC1CCC(Nc2cccc(C(N)=S)n2)C1. The highest BCUT2D eigenvalue weighted by Crippen LogP contribution is 2.26. The van der Waals surface area contributed by atoms with E-state index in [1.807, 2.05) is 18.2 Å². The summed E-state index contributed by atoms with van der Waals surface area (Å²) in [6.07, 6.45) is 3.74. The quantitative estimate of drug-likeness (QED) is 0.789. The van der Waals surface area contributed by atoms with Gasteiger partial charge in [-0.15, -0.1) is 0 Å². The van der Waals surface area contributed by atoms with Crippen LogP contribution in [0.3, 0.4) is 0 Å². The lowest BCUT2D eigenvalue weighted by molar-refractivity contribution is 0.602. The van der Waals surface area contributed by atoms with Crippen LogP contribution in [0.5, 0.6) is 0 Å². The smallest absolute Gasteiger partial charge is 0.126 e. The van der Waals surface area contributed by atoms with E-state index >= 15 is 0 Å². The van der Waals surface area contributed by atoms with Crippen molar-refractivity contribution >= 4 is 23.0 Å². The van der Waals surface area contributed by atoms with Gasteiger partial charge in [0.1, 0.15) is 10.8 Å². The second kappa shape index (κ2) is 4.78. The van der Waals surface area contributed by atoms with E-state index in [-0.39, 0.29) is 0 Å². The van der Waals surface area contributed by atoms with Crippen molar-refractivity contribution in [1.29, 1.82) is 0 Å². The molecule has 4 heteroatoms. The third-order valence-corrected chi connectivity index (χ3v) is 3.26. The molecule has 0 aromatic carbocycles. The molecule has 0 saturated heterocycles. The number of hydrogen-bond acceptors (Lipinski definition) is 3. The molecule has 1 aromatic heterocycles. The van der Waals surface area contributed by atoms with Gasteiger partial charge in [0.05, 0.1) is 5.69 Å². The molecule has 1 fully saturated rings. The van der Waals surface area contributed by atoms with Crippen LogP contribution in [-0.2, 0) is 0 Å². The predicted molar refractivity (Wildman–Crippen MR) is 70.6 cm³/mol. The fraction of sp³-hybridized carbons (Fsp3) is 0.500. The van der Waals surface area contributed by atoms with Gasteiger partial charge < -0.3 is 11.1 Å². The maximum Gasteiger partial charge on any atom is 0.126 e. The molecule has 1 saturated carbocycles. The molecule has 3 N–H and O–H groups in total. The fourth-order valence-electron chi connectivity index (χ4n) is 2.20. The molecular weight excluding hydrogens is 218 g/mol. The van der Waals surface area contributed by atoms with E-state index in [0.717, 1.165) is 11.7 Å². The lowest BCUT2D eigenvalue weighted by atomic mass is 10.1. The zero-order chi connectivity index (χ0) is 11.5. The van der Waals surface area contributed by atoms with Crippen molar-refractivity contribution in [2.45, 2.75) is 32.2 Å². The number of nitrogens with zero attached hydrogens (tertiary/aromatic N) is 1. The Hall–Kier alpha value is -1.16. The molecule has 1 aliphatic rings. The lowest BCUT2D eigenvalue weighted by Gasteiger charge is -2.13. The summed E-state index contributed by atoms with van der Waals surface area (Å²) < 4.78 is 0. The Labute approximate surface area is 101 Å². The molecule has 0 aliphatic heterocycles. The fourth-order valence-corrected chi connectivity index (χ4v) is 2.31. The van der Waals surface area contributed by atoms with Gasteiger partial charge in [-0.25, -0.2) is 4.98 Å². The monoisotopic (exact) mass is 235 g/mol. The van der Waals surface area contributed by atoms with Gasteiger partial charge in [0.25, 0.3) is 0 Å². The van der Waals surface area contributed by atoms with Crippen LogP contribution in [0, 0.1) is 5.92 Å². The van der Waals surface area contributed by atoms with E-state index in [1.165, 1.54) is 19.3 Å². The van der Waals surface area contributed by atoms with Gasteiger partial charge in [-0.3, -0.25) is 0 Å². The Morgan fingerprint density at radius 3 is 2.94 bits per heavy atom. The van der Waals surface area contributed by atoms with Crippen molar-refractivity contribution in [3.05, 3.63) is 23.9 Å². The minimum Gasteiger partial charge on any atom is -0.388 e. The van der Waals surface area contributed by atoms with Gasteiger partial charge in [0, 0.05) is 6.04 Å². The summed E-state index contributed by atoms with van der Waals surface area (Å²) in [6, 6.07) is 6.28. The largest absolute Gasteiger partial charge is 0.388 e. The van der Waals surface area contributed by atoms with Crippen LogP contribution in [0.15, 0.2) is 18.2 Å². The number of nitrogens with one attached hydrogen (secondary N) is 1. The Kier molecular flexibility index (Phi) is 3.39. The number of rotatable bonds is 3. The first kappa shape index (κ1) is 11.3. The molecule has 2 unspecified atom stereocenters. The van der Waals surface area contributed by atoms with Crippen LogP contribution in [0.2, 0.25) is 0 Å². The van der Waals surface area contributed by atoms with E-state index in [0.29, 0.717) is 16.7 Å². The molecule has 0 amide bonds. The summed E-state index contributed by atoms with van der Waals surface area (Å²) in [4.78, 5) is 4.73. The topological polar surface area (TPSA) is 50.9 Å². The molecule has 16 heavy (non-hydrogen) atoms. The summed E-state index contributed by atoms with van der Waals surface area (Å²) in [5, 5.41) is 3.44. The average Bonchev–Trinajstić information content (AvgIpc) is 2.64. The van der Waals surface area contributed by atoms with Crippen LogP contribution < -0.4 is 11.1 Å². The lowest BCUT2D eigenvalue weighted by Crippen LogP contribution is -2.18. The van der Waals surface area contributed by atoms with Crippen LogP contribution in [0.4, 0.5) is 5.82 Å². The highest BCUT2D eigenvalue weighted by Gasteiger charge is 2.21. The highest BCUT2D eigenvalue weighted by atomic mass is 32.1. The zero-order valence-electron chi connectivity index (χ0n) is 9.44. The van der Waals surface area contributed by atoms with E-state index in [1.54, 1.807) is 0 Å². The van der Waals surface area contributed by atoms with Crippen molar-refractivity contribution in [2.75, 3.05) is 5.32 Å². The van der Waals surface area contributed by atoms with Crippen molar-refractivity contribution < 1.29 is 0 Å². The first-order valence-corrected chi connectivity index (χ1v) is 6.09. The number of thiocarbonyl (C=S) groups is 1. The van der Waals surface area contributed by atoms with E-state index in [2.05, 4.69) is 17.2 Å². The zero-order valence-corrected chi connectivity index (χ0v) is 10.3. The van der Waals surface area contributed by atoms with E-state index < -0.39 is 0 Å². The van der Waals surface area contributed by atoms with Crippen molar-refractivity contribution in [3.63, 3.8) is 0 Å². The Balaban J connectivity index is 2.04. The highest BCUT2D eigenvalue weighted by molar-refractivity contribution is 7.80. The molecular formula is C12H17N3S. The second-order valence-electron chi connectivity index (χ2n) is 4.53. The summed E-state index contributed by atoms with van der Waals surface area (Å²) in [5.41, 5.74) is 6.24. The maximum atomic E-state index is 5.55. The minimum atomic E-state index is 0.350. The number of nitrogens with two attached hydrogens (primary N) is 1. The number of aromatic nitrogens is 1. The van der Waals surface area contributed by atoms with Crippen molar-refractivity contribution in [1.82, 2.24) is 4.98 Å². The van der Waals surface area contributed by atoms with Crippen molar-refractivity contribution in [2.24, 2.45) is 11.7 Å². The van der Waals surface area contributed by atoms with Gasteiger partial charge in [0.2, 0.25) is 0 Å². The molecule has 86 valence electrons. The normalized spacial score (nSPS) is 24.3. The first-order valence-electron chi connectivity index (χ1n) is 5.68. The Bertz CT molecular complexity index is 392. The molecule has 2 atom stereocenters. The predicted octanol–water partition coefficient (Wildman–Crippen LogP) is 2.32. The Morgan fingerprint density at radius 2 is 2.31 bits per heavy atom. The maximum absolute atomic E-state index is 5.55. The summed E-state index contributed by atoms with van der Waals surface area (Å²) in [5.74, 6) is 1.70. The van der Waals surface area contributed by atoms with E-state index in [4.69, 9.17) is 18.0 Å². The molecule has 0 bridgehead atoms. The number of anilines is 1. The van der Waals surface area contributed by atoms with Gasteiger partial charge >= 0.3 is 0 Å². The molecule has 1 aliphatic carbocycles. The third-order valence-electron chi connectivity index (χ3n) is 3.05. The number of hydrogen-bond donors (Lipinski definition) is 2. The van der Waals surface area contributed by atoms with Gasteiger partial charge in [0.15, 0.2) is 0 Å². The summed E-state index contributed by atoms with van der Waals surface area (Å²) >= 11 is 4.91. The number of pyridine rings is 1. The van der Waals surface area contributed by atoms with Crippen LogP contribution in [0.1, 0.15) is 31.9 Å². The van der Waals surface area contributed by atoms with Gasteiger partial charge in [-0.1, -0.05) is 25.2 Å². The molecule has 3 nitrogen and oxygen atoms in total. The molecule has 1 aromatic rings. The molecule has 2 rings (SSSR count). The molecule has 0 radical (unpaired) electrons. The first-order chi connectivity index (χ1) is 7.65. The standard InChI is InChI=1S/C12H17N3S/c1-8-5-6-9(7-8)14-11-4-2-3-10(15-11)12(13)16/h2-4,8-9H,5-7H2,1H3,(H2,13,16)(H,14,15). The van der Waals surface area contributed by atoms with E-state index in [9.17, 15) is 0 Å². The molecule has 0 spiro atoms. The van der Waals surface area contributed by atoms with Gasteiger partial charge in [-0.05, 0) is 37.3 Å².